The van der Waals surface area contributed by atoms with E-state index < -0.39 is 0 Å². The summed E-state index contributed by atoms with van der Waals surface area (Å²) in [6.07, 6.45) is 17.0. The molecule has 0 radical (unpaired) electrons. The molecular weight excluding hydrogens is 476 g/mol. The monoisotopic (exact) mass is 520 g/mol. The molecule has 0 aliphatic rings. The lowest BCUT2D eigenvalue weighted by Gasteiger charge is -2.13. The van der Waals surface area contributed by atoms with Crippen LogP contribution < -0.4 is 9.47 Å². The number of aldehydes is 1. The van der Waals surface area contributed by atoms with Gasteiger partial charge in [-0.25, -0.2) is 0 Å². The normalized spacial score (nSPS) is 10.9. The highest BCUT2D eigenvalue weighted by molar-refractivity contribution is 7.08. The number of hydrogen-bond donors (Lipinski definition) is 0. The summed E-state index contributed by atoms with van der Waals surface area (Å²) in [7, 11) is 0. The van der Waals surface area contributed by atoms with Crippen molar-refractivity contribution in [3.8, 4) is 22.6 Å². The number of benzene rings is 2. The van der Waals surface area contributed by atoms with Gasteiger partial charge >= 0.3 is 0 Å². The lowest BCUT2D eigenvalue weighted by Crippen LogP contribution is -2.00. The van der Waals surface area contributed by atoms with E-state index in [2.05, 4.69) is 41.9 Å². The molecule has 0 bridgehead atoms. The minimum absolute atomic E-state index is 0.680. The summed E-state index contributed by atoms with van der Waals surface area (Å²) in [6, 6.07) is 16.3. The van der Waals surface area contributed by atoms with Crippen LogP contribution in [0.15, 0.2) is 59.3 Å². The number of thiophene rings is 1. The van der Waals surface area contributed by atoms with Gasteiger partial charge in [-0.3, -0.25) is 4.79 Å². The van der Waals surface area contributed by atoms with E-state index >= 15 is 0 Å². The highest BCUT2D eigenvalue weighted by Crippen LogP contribution is 2.33. The van der Waals surface area contributed by atoms with Gasteiger partial charge in [-0.1, -0.05) is 70.8 Å². The van der Waals surface area contributed by atoms with Crippen molar-refractivity contribution in [1.82, 2.24) is 0 Å². The number of carbonyl (C=O) groups is 1. The minimum Gasteiger partial charge on any atom is -0.494 e. The molecule has 0 unspecified atom stereocenters. The lowest BCUT2D eigenvalue weighted by molar-refractivity contribution is 0.112. The van der Waals surface area contributed by atoms with Gasteiger partial charge in [-0.2, -0.15) is 11.3 Å². The maximum atomic E-state index is 10.7. The molecule has 3 nitrogen and oxygen atoms in total. The van der Waals surface area contributed by atoms with Gasteiger partial charge < -0.3 is 9.47 Å². The van der Waals surface area contributed by atoms with Gasteiger partial charge in [0.25, 0.3) is 0 Å². The fourth-order valence-electron chi connectivity index (χ4n) is 4.54. The maximum Gasteiger partial charge on any atom is 0.150 e. The van der Waals surface area contributed by atoms with Crippen molar-refractivity contribution < 1.29 is 14.3 Å². The Morgan fingerprint density at radius 3 is 2.08 bits per heavy atom. The first-order valence-corrected chi connectivity index (χ1v) is 15.2. The van der Waals surface area contributed by atoms with Gasteiger partial charge in [0, 0.05) is 11.1 Å². The third-order valence-corrected chi connectivity index (χ3v) is 7.46. The zero-order valence-corrected chi connectivity index (χ0v) is 23.4. The van der Waals surface area contributed by atoms with Gasteiger partial charge in [0.05, 0.1) is 13.2 Å². The van der Waals surface area contributed by atoms with E-state index in [-0.39, 0.29) is 0 Å². The van der Waals surface area contributed by atoms with Gasteiger partial charge in [-0.15, -0.1) is 0 Å². The molecule has 0 aliphatic heterocycles. The Hall–Kier alpha value is -2.59. The van der Waals surface area contributed by atoms with Crippen molar-refractivity contribution in [2.75, 3.05) is 13.2 Å². The number of unbranched alkanes of at least 4 members (excludes halogenated alkanes) is 10. The van der Waals surface area contributed by atoms with Gasteiger partial charge in [0.2, 0.25) is 0 Å². The molecule has 3 rings (SSSR count). The number of hydrogen-bond acceptors (Lipinski definition) is 4. The van der Waals surface area contributed by atoms with Crippen molar-refractivity contribution in [3.63, 3.8) is 0 Å². The van der Waals surface area contributed by atoms with Crippen LogP contribution in [-0.2, 0) is 6.42 Å². The van der Waals surface area contributed by atoms with Crippen LogP contribution in [0.3, 0.4) is 0 Å². The second kappa shape index (κ2) is 17.8. The smallest absolute Gasteiger partial charge is 0.150 e. The van der Waals surface area contributed by atoms with Crippen LogP contribution in [0.25, 0.3) is 11.1 Å². The molecular formula is C33H44O3S. The first kappa shape index (κ1) is 29.0. The molecule has 0 saturated heterocycles. The lowest BCUT2D eigenvalue weighted by atomic mass is 10.00. The summed E-state index contributed by atoms with van der Waals surface area (Å²) in [4.78, 5) is 10.7. The number of rotatable bonds is 20. The van der Waals surface area contributed by atoms with E-state index in [1.54, 1.807) is 23.5 Å². The Labute approximate surface area is 228 Å². The average molecular weight is 521 g/mol. The molecule has 200 valence electrons. The average Bonchev–Trinajstić information content (AvgIpc) is 3.47. The van der Waals surface area contributed by atoms with E-state index in [9.17, 15) is 4.79 Å². The Balaban J connectivity index is 1.30. The molecule has 0 spiro atoms. The Morgan fingerprint density at radius 2 is 1.41 bits per heavy atom. The quantitative estimate of drug-likeness (QED) is 0.110. The minimum atomic E-state index is 0.680. The van der Waals surface area contributed by atoms with Crippen molar-refractivity contribution in [1.29, 1.82) is 0 Å². The standard InChI is InChI=1S/C33H44O3S/c1-2-3-4-5-8-11-14-28-17-20-33(32(25-28)30-21-24-37-27-30)36-23-13-10-7-6-9-12-22-35-31-18-15-29(26-34)16-19-31/h15-21,24-27H,2-14,22-23H2,1H3. The van der Waals surface area contributed by atoms with Crippen LogP contribution in [0.4, 0.5) is 0 Å². The maximum absolute atomic E-state index is 10.7. The van der Waals surface area contributed by atoms with Crippen molar-refractivity contribution in [3.05, 3.63) is 70.4 Å². The van der Waals surface area contributed by atoms with E-state index in [0.29, 0.717) is 5.56 Å². The van der Waals surface area contributed by atoms with Crippen LogP contribution in [0.2, 0.25) is 0 Å². The second-order valence-electron chi connectivity index (χ2n) is 9.87. The molecule has 1 heterocycles. The zero-order valence-electron chi connectivity index (χ0n) is 22.6. The predicted molar refractivity (Wildman–Crippen MR) is 157 cm³/mol. The molecule has 3 aromatic rings. The van der Waals surface area contributed by atoms with Crippen LogP contribution in [0, 0.1) is 0 Å². The molecule has 0 saturated carbocycles. The number of aryl methyl sites for hydroxylation is 1. The molecule has 0 N–H and O–H groups in total. The highest BCUT2D eigenvalue weighted by atomic mass is 32.1. The molecule has 2 aromatic carbocycles. The van der Waals surface area contributed by atoms with Gasteiger partial charge in [0.1, 0.15) is 17.8 Å². The van der Waals surface area contributed by atoms with Crippen molar-refractivity contribution in [2.45, 2.75) is 90.4 Å². The topological polar surface area (TPSA) is 35.5 Å². The molecule has 0 aliphatic carbocycles. The fraction of sp³-hybridized carbons (Fsp3) is 0.485. The van der Waals surface area contributed by atoms with E-state index in [1.165, 1.54) is 80.9 Å². The summed E-state index contributed by atoms with van der Waals surface area (Å²) >= 11 is 1.74. The van der Waals surface area contributed by atoms with Crippen molar-refractivity contribution in [2.24, 2.45) is 0 Å². The van der Waals surface area contributed by atoms with Gasteiger partial charge in [0.15, 0.2) is 0 Å². The van der Waals surface area contributed by atoms with Crippen LogP contribution in [0.1, 0.15) is 99.9 Å². The SMILES string of the molecule is CCCCCCCCc1ccc(OCCCCCCCCOc2ccc(C=O)cc2)c(-c2ccsc2)c1. The highest BCUT2D eigenvalue weighted by Gasteiger charge is 2.09. The third-order valence-electron chi connectivity index (χ3n) is 6.78. The largest absolute Gasteiger partial charge is 0.494 e. The van der Waals surface area contributed by atoms with Gasteiger partial charge in [-0.05, 0) is 90.0 Å². The number of ether oxygens (including phenoxy) is 2. The summed E-state index contributed by atoms with van der Waals surface area (Å²) < 4.78 is 12.0. The zero-order chi connectivity index (χ0) is 26.0. The first-order valence-electron chi connectivity index (χ1n) is 14.3. The predicted octanol–water partition coefficient (Wildman–Crippen LogP) is 9.93. The summed E-state index contributed by atoms with van der Waals surface area (Å²) in [5, 5.41) is 4.37. The molecule has 4 heteroatoms. The van der Waals surface area contributed by atoms with E-state index in [0.717, 1.165) is 50.3 Å². The molecule has 37 heavy (non-hydrogen) atoms. The van der Waals surface area contributed by atoms with E-state index in [4.69, 9.17) is 9.47 Å². The Bertz CT molecular complexity index is 995. The summed E-state index contributed by atoms with van der Waals surface area (Å²) in [5.74, 6) is 1.85. The fourth-order valence-corrected chi connectivity index (χ4v) is 5.19. The Kier molecular flexibility index (Phi) is 13.9. The molecule has 0 amide bonds. The molecule has 1 aromatic heterocycles. The first-order chi connectivity index (χ1) is 18.3. The molecule has 0 atom stereocenters. The number of carbonyl (C=O) groups excluding carboxylic acids is 1. The van der Waals surface area contributed by atoms with Crippen LogP contribution in [-0.4, -0.2) is 19.5 Å². The van der Waals surface area contributed by atoms with E-state index in [1.807, 2.05) is 12.1 Å². The summed E-state index contributed by atoms with van der Waals surface area (Å²) in [5.41, 5.74) is 4.61. The van der Waals surface area contributed by atoms with Crippen LogP contribution >= 0.6 is 11.3 Å². The van der Waals surface area contributed by atoms with Crippen molar-refractivity contribution >= 4 is 17.6 Å². The second-order valence-corrected chi connectivity index (χ2v) is 10.6. The third kappa shape index (κ3) is 11.1. The van der Waals surface area contributed by atoms with Crippen LogP contribution in [0.5, 0.6) is 11.5 Å². The molecule has 0 fully saturated rings. The Morgan fingerprint density at radius 1 is 0.730 bits per heavy atom. The summed E-state index contributed by atoms with van der Waals surface area (Å²) in [6.45, 7) is 3.77.